The van der Waals surface area contributed by atoms with Gasteiger partial charge in [-0.15, -0.1) is 10.2 Å². The Morgan fingerprint density at radius 1 is 1.06 bits per heavy atom. The van der Waals surface area contributed by atoms with Gasteiger partial charge >= 0.3 is 0 Å². The van der Waals surface area contributed by atoms with Gasteiger partial charge in [0.05, 0.1) is 21.2 Å². The number of nitro benzene ring substituents is 1. The maximum absolute atomic E-state index is 12.6. The molecular formula is C16H19CrN5O10S. The Balaban J connectivity index is 0. The molecule has 1 aromatic heterocycles. The van der Waals surface area contributed by atoms with Crippen LogP contribution in [0.15, 0.2) is 62.4 Å². The minimum Gasteiger partial charge on any atom is -0.506 e. The first kappa shape index (κ1) is 31.8. The number of benzene rings is 2. The van der Waals surface area contributed by atoms with Crippen molar-refractivity contribution >= 4 is 27.2 Å². The van der Waals surface area contributed by atoms with Gasteiger partial charge in [-0.05, 0) is 37.3 Å². The molecule has 3 aromatic rings. The van der Waals surface area contributed by atoms with Gasteiger partial charge in [-0.3, -0.25) is 24.6 Å². The van der Waals surface area contributed by atoms with Crippen LogP contribution < -0.4 is 5.56 Å². The number of phenols is 1. The number of H-pyrrole nitrogens is 1. The number of hydrogen-bond donors (Lipinski definition) is 3. The molecule has 0 aliphatic rings. The van der Waals surface area contributed by atoms with Crippen LogP contribution in [0.4, 0.5) is 17.1 Å². The van der Waals surface area contributed by atoms with Crippen LogP contribution >= 0.6 is 0 Å². The number of hydrogen-bond acceptors (Lipinski definition) is 8. The molecule has 33 heavy (non-hydrogen) atoms. The van der Waals surface area contributed by atoms with Crippen molar-refractivity contribution in [2.75, 3.05) is 0 Å². The molecule has 9 N–H and O–H groups in total. The number of nitrogens with one attached hydrogen (secondary N) is 1. The van der Waals surface area contributed by atoms with E-state index in [-0.39, 0.29) is 67.2 Å². The summed E-state index contributed by atoms with van der Waals surface area (Å²) < 4.78 is 32.3. The van der Waals surface area contributed by atoms with Crippen molar-refractivity contribution in [1.29, 1.82) is 0 Å². The van der Waals surface area contributed by atoms with Crippen LogP contribution in [0.1, 0.15) is 5.69 Å². The zero-order valence-electron chi connectivity index (χ0n) is 16.6. The number of aryl methyl sites for hydroxylation is 1. The van der Waals surface area contributed by atoms with E-state index in [2.05, 4.69) is 15.3 Å². The molecule has 0 fully saturated rings. The number of azo groups is 1. The number of aromatic hydroxyl groups is 1. The van der Waals surface area contributed by atoms with Gasteiger partial charge in [-0.1, -0.05) is 0 Å². The summed E-state index contributed by atoms with van der Waals surface area (Å²) in [5, 5.41) is 30.8. The van der Waals surface area contributed by atoms with E-state index < -0.39 is 20.6 Å². The Morgan fingerprint density at radius 2 is 1.64 bits per heavy atom. The van der Waals surface area contributed by atoms with E-state index in [1.165, 1.54) is 19.1 Å². The number of aromatic amines is 1. The molecule has 0 bridgehead atoms. The van der Waals surface area contributed by atoms with Gasteiger partial charge < -0.3 is 21.5 Å². The van der Waals surface area contributed by atoms with E-state index in [0.29, 0.717) is 5.69 Å². The molecule has 0 aliphatic heterocycles. The third kappa shape index (κ3) is 6.77. The van der Waals surface area contributed by atoms with Gasteiger partial charge in [0.1, 0.15) is 11.4 Å². The zero-order valence-corrected chi connectivity index (χ0v) is 18.7. The van der Waals surface area contributed by atoms with E-state index in [0.717, 1.165) is 35.0 Å². The number of nitrogens with zero attached hydrogens (tertiary/aromatic N) is 4. The molecule has 17 heteroatoms. The summed E-state index contributed by atoms with van der Waals surface area (Å²) in [6.45, 7) is 1.53. The Morgan fingerprint density at radius 3 is 2.15 bits per heavy atom. The third-order valence-electron chi connectivity index (χ3n) is 3.86. The SMILES string of the molecule is Cc1[nH]n(-c2ccc(S(=O)(=O)O)cc2)c(=O)c1N=Nc1cc([N+](=O)[O-])ccc1O.O.O.O.[Cr]. The van der Waals surface area contributed by atoms with Crippen molar-refractivity contribution in [2.24, 2.45) is 10.2 Å². The minimum atomic E-state index is -4.37. The fourth-order valence-corrected chi connectivity index (χ4v) is 2.89. The van der Waals surface area contributed by atoms with Crippen LogP contribution in [0.5, 0.6) is 5.75 Å². The minimum absolute atomic E-state index is 0. The molecule has 0 spiro atoms. The van der Waals surface area contributed by atoms with Crippen molar-refractivity contribution in [3.63, 3.8) is 0 Å². The van der Waals surface area contributed by atoms with Crippen LogP contribution in [0, 0.1) is 17.0 Å². The molecule has 0 atom stereocenters. The van der Waals surface area contributed by atoms with Crippen molar-refractivity contribution < 1.29 is 56.8 Å². The third-order valence-corrected chi connectivity index (χ3v) is 4.73. The standard InChI is InChI=1S/C16H13N5O7S.Cr.3H2O/c1-9-15(18-17-13-8-11(21(24)25)4-7-14(13)22)16(23)20(19-9)10-2-5-12(6-3-10)29(26,27)28;;;;/h2-8,19,22H,1H3,(H,26,27,28);;3*1H2. The second kappa shape index (κ2) is 12.0. The predicted molar refractivity (Wildman–Crippen MR) is 111 cm³/mol. The van der Waals surface area contributed by atoms with Gasteiger partial charge in [0.2, 0.25) is 0 Å². The number of rotatable bonds is 5. The summed E-state index contributed by atoms with van der Waals surface area (Å²) in [6, 6.07) is 8.03. The second-order valence-corrected chi connectivity index (χ2v) is 7.25. The summed E-state index contributed by atoms with van der Waals surface area (Å²) in [5.74, 6) is -0.353. The molecule has 1 heterocycles. The van der Waals surface area contributed by atoms with E-state index in [9.17, 15) is 28.4 Å². The first-order chi connectivity index (χ1) is 13.6. The number of phenolic OH excluding ortho intramolecular Hbond substituents is 1. The average molecular weight is 525 g/mol. The van der Waals surface area contributed by atoms with Crippen molar-refractivity contribution in [1.82, 2.24) is 9.78 Å². The molecule has 3 rings (SSSR count). The van der Waals surface area contributed by atoms with Crippen LogP contribution in [-0.4, -0.2) is 49.2 Å². The smallest absolute Gasteiger partial charge is 0.299 e. The zero-order chi connectivity index (χ0) is 21.3. The normalized spacial score (nSPS) is 10.4. The number of non-ortho nitro benzene ring substituents is 1. The maximum atomic E-state index is 12.6. The van der Waals surface area contributed by atoms with Crippen molar-refractivity contribution in [3.05, 3.63) is 68.6 Å². The Bertz CT molecular complexity index is 1300. The first-order valence-electron chi connectivity index (χ1n) is 7.86. The fraction of sp³-hybridized carbons (Fsp3) is 0.0625. The number of aromatic nitrogens is 2. The molecule has 0 saturated heterocycles. The fourth-order valence-electron chi connectivity index (χ4n) is 2.41. The molecule has 2 aromatic carbocycles. The molecule has 0 saturated carbocycles. The monoisotopic (exact) mass is 525 g/mol. The van der Waals surface area contributed by atoms with Crippen LogP contribution in [-0.2, 0) is 27.5 Å². The van der Waals surface area contributed by atoms with E-state index in [1.807, 2.05) is 0 Å². The predicted octanol–water partition coefficient (Wildman–Crippen LogP) is 0.273. The van der Waals surface area contributed by atoms with Crippen LogP contribution in [0.2, 0.25) is 0 Å². The summed E-state index contributed by atoms with van der Waals surface area (Å²) in [6.07, 6.45) is 0. The second-order valence-electron chi connectivity index (χ2n) is 5.83. The van der Waals surface area contributed by atoms with E-state index >= 15 is 0 Å². The Kier molecular flexibility index (Phi) is 11.5. The molecular weight excluding hydrogens is 506 g/mol. The Labute approximate surface area is 196 Å². The molecule has 15 nitrogen and oxygen atoms in total. The maximum Gasteiger partial charge on any atom is 0.299 e. The van der Waals surface area contributed by atoms with Crippen molar-refractivity contribution in [3.8, 4) is 11.4 Å². The topological polar surface area (TPSA) is 275 Å². The molecule has 0 amide bonds. The van der Waals surface area contributed by atoms with Gasteiger partial charge in [0, 0.05) is 29.5 Å². The average Bonchev–Trinajstić information content (AvgIpc) is 2.94. The molecule has 0 unspecified atom stereocenters. The van der Waals surface area contributed by atoms with Crippen molar-refractivity contribution in [2.45, 2.75) is 11.8 Å². The van der Waals surface area contributed by atoms with Gasteiger partial charge in [0.15, 0.2) is 5.69 Å². The van der Waals surface area contributed by atoms with Gasteiger partial charge in [0.25, 0.3) is 21.4 Å². The molecule has 0 radical (unpaired) electrons. The largest absolute Gasteiger partial charge is 0.506 e. The summed E-state index contributed by atoms with van der Waals surface area (Å²) in [5.41, 5.74) is -0.666. The van der Waals surface area contributed by atoms with Crippen LogP contribution in [0.3, 0.4) is 0 Å². The van der Waals surface area contributed by atoms with E-state index in [4.69, 9.17) is 4.55 Å². The van der Waals surface area contributed by atoms with Crippen LogP contribution in [0.25, 0.3) is 5.69 Å². The quantitative estimate of drug-likeness (QED) is 0.181. The summed E-state index contributed by atoms with van der Waals surface area (Å²) in [7, 11) is -4.37. The van der Waals surface area contributed by atoms with Gasteiger partial charge in [-0.2, -0.15) is 8.42 Å². The molecule has 0 aliphatic carbocycles. The number of nitro groups is 1. The van der Waals surface area contributed by atoms with Gasteiger partial charge in [-0.25, -0.2) is 4.68 Å². The molecule has 180 valence electrons. The summed E-state index contributed by atoms with van der Waals surface area (Å²) in [4.78, 5) is 22.4. The summed E-state index contributed by atoms with van der Waals surface area (Å²) >= 11 is 0. The first-order valence-corrected chi connectivity index (χ1v) is 9.30. The van der Waals surface area contributed by atoms with E-state index in [1.54, 1.807) is 0 Å². The Hall–Kier alpha value is -3.43.